The molecule has 0 amide bonds. The molecule has 1 rings (SSSR count). The molecular weight excluding hydrogens is 340 g/mol. The summed E-state index contributed by atoms with van der Waals surface area (Å²) in [5.74, 6) is -0.247. The van der Waals surface area contributed by atoms with Crippen molar-refractivity contribution in [1.29, 1.82) is 0 Å². The SMILES string of the molecule is CCOC(=O)C[C@@H](N)c1ccc(I)cc1.Cl. The van der Waals surface area contributed by atoms with Crippen molar-refractivity contribution in [2.75, 3.05) is 6.61 Å². The molecule has 3 nitrogen and oxygen atoms in total. The Morgan fingerprint density at radius 3 is 2.50 bits per heavy atom. The molecule has 0 fully saturated rings. The summed E-state index contributed by atoms with van der Waals surface area (Å²) in [5.41, 5.74) is 6.83. The summed E-state index contributed by atoms with van der Waals surface area (Å²) in [6, 6.07) is 7.54. The van der Waals surface area contributed by atoms with Crippen LogP contribution in [0.3, 0.4) is 0 Å². The van der Waals surface area contributed by atoms with Gasteiger partial charge < -0.3 is 10.5 Å². The summed E-state index contributed by atoms with van der Waals surface area (Å²) >= 11 is 2.23. The molecule has 16 heavy (non-hydrogen) atoms. The van der Waals surface area contributed by atoms with Gasteiger partial charge in [-0.3, -0.25) is 4.79 Å². The van der Waals surface area contributed by atoms with Crippen LogP contribution in [0.1, 0.15) is 24.9 Å². The highest BCUT2D eigenvalue weighted by atomic mass is 127. The van der Waals surface area contributed by atoms with Crippen LogP contribution >= 0.6 is 35.0 Å². The number of nitrogens with two attached hydrogens (primary N) is 1. The zero-order valence-corrected chi connectivity index (χ0v) is 12.0. The van der Waals surface area contributed by atoms with Gasteiger partial charge in [0.25, 0.3) is 0 Å². The topological polar surface area (TPSA) is 52.3 Å². The lowest BCUT2D eigenvalue weighted by Gasteiger charge is -2.11. The number of ether oxygens (including phenoxy) is 1. The molecule has 0 saturated carbocycles. The molecule has 0 aromatic heterocycles. The highest BCUT2D eigenvalue weighted by Gasteiger charge is 2.11. The summed E-state index contributed by atoms with van der Waals surface area (Å²) < 4.78 is 5.99. The number of carbonyl (C=O) groups is 1. The molecule has 0 heterocycles. The minimum absolute atomic E-state index is 0. The minimum atomic E-state index is -0.277. The van der Waals surface area contributed by atoms with Crippen molar-refractivity contribution >= 4 is 41.0 Å². The first-order chi connectivity index (χ1) is 7.13. The molecule has 1 aromatic rings. The minimum Gasteiger partial charge on any atom is -0.466 e. The second-order valence-electron chi connectivity index (χ2n) is 3.17. The van der Waals surface area contributed by atoms with E-state index in [2.05, 4.69) is 22.6 Å². The van der Waals surface area contributed by atoms with Crippen LogP contribution in [0.5, 0.6) is 0 Å². The van der Waals surface area contributed by atoms with Gasteiger partial charge in [0.1, 0.15) is 0 Å². The van der Waals surface area contributed by atoms with Crippen LogP contribution in [0, 0.1) is 3.57 Å². The third-order valence-electron chi connectivity index (χ3n) is 1.99. The zero-order chi connectivity index (χ0) is 11.3. The molecule has 0 spiro atoms. The maximum Gasteiger partial charge on any atom is 0.307 e. The average molecular weight is 356 g/mol. The molecule has 5 heteroatoms. The summed E-state index contributed by atoms with van der Waals surface area (Å²) in [4.78, 5) is 11.2. The maximum atomic E-state index is 11.2. The quantitative estimate of drug-likeness (QED) is 0.667. The molecular formula is C11H15ClINO2. The number of hydrogen-bond donors (Lipinski definition) is 1. The van der Waals surface area contributed by atoms with Crippen molar-refractivity contribution in [3.8, 4) is 0 Å². The van der Waals surface area contributed by atoms with Gasteiger partial charge in [-0.15, -0.1) is 12.4 Å². The number of halogens is 2. The van der Waals surface area contributed by atoms with Gasteiger partial charge in [0.05, 0.1) is 13.0 Å². The normalized spacial score (nSPS) is 11.4. The van der Waals surface area contributed by atoms with E-state index in [0.29, 0.717) is 6.61 Å². The fraction of sp³-hybridized carbons (Fsp3) is 0.364. The van der Waals surface area contributed by atoms with Crippen LogP contribution in [-0.2, 0) is 9.53 Å². The molecule has 0 unspecified atom stereocenters. The highest BCUT2D eigenvalue weighted by Crippen LogP contribution is 2.16. The monoisotopic (exact) mass is 355 g/mol. The molecule has 0 aliphatic rings. The Labute approximate surface area is 115 Å². The van der Waals surface area contributed by atoms with E-state index in [0.717, 1.165) is 9.13 Å². The summed E-state index contributed by atoms with van der Waals surface area (Å²) in [6.07, 6.45) is 0.231. The van der Waals surface area contributed by atoms with Crippen LogP contribution in [0.25, 0.3) is 0 Å². The molecule has 90 valence electrons. The number of carbonyl (C=O) groups excluding carboxylic acids is 1. The van der Waals surface area contributed by atoms with E-state index in [-0.39, 0.29) is 30.8 Å². The van der Waals surface area contributed by atoms with Crippen molar-refractivity contribution in [3.63, 3.8) is 0 Å². The fourth-order valence-electron chi connectivity index (χ4n) is 1.23. The van der Waals surface area contributed by atoms with Crippen molar-refractivity contribution in [2.24, 2.45) is 5.73 Å². The maximum absolute atomic E-state index is 11.2. The third-order valence-corrected chi connectivity index (χ3v) is 2.71. The Kier molecular flexibility index (Phi) is 7.70. The van der Waals surface area contributed by atoms with E-state index < -0.39 is 0 Å². The Balaban J connectivity index is 0.00000225. The van der Waals surface area contributed by atoms with E-state index in [1.165, 1.54) is 0 Å². The molecule has 0 saturated heterocycles. The lowest BCUT2D eigenvalue weighted by atomic mass is 10.1. The van der Waals surface area contributed by atoms with Gasteiger partial charge in [0.2, 0.25) is 0 Å². The Morgan fingerprint density at radius 1 is 1.44 bits per heavy atom. The van der Waals surface area contributed by atoms with Crippen LogP contribution in [0.4, 0.5) is 0 Å². The summed E-state index contributed by atoms with van der Waals surface area (Å²) in [7, 11) is 0. The first-order valence-corrected chi connectivity index (χ1v) is 5.88. The predicted molar refractivity (Wildman–Crippen MR) is 74.6 cm³/mol. The average Bonchev–Trinajstić information content (AvgIpc) is 2.18. The van der Waals surface area contributed by atoms with Crippen LogP contribution in [0.2, 0.25) is 0 Å². The predicted octanol–water partition coefficient (Wildman–Crippen LogP) is 2.67. The van der Waals surface area contributed by atoms with Gasteiger partial charge in [-0.25, -0.2) is 0 Å². The second-order valence-corrected chi connectivity index (χ2v) is 4.41. The van der Waals surface area contributed by atoms with Gasteiger partial charge >= 0.3 is 5.97 Å². The van der Waals surface area contributed by atoms with E-state index in [1.54, 1.807) is 6.92 Å². The zero-order valence-electron chi connectivity index (χ0n) is 8.98. The Hall–Kier alpha value is -0.330. The van der Waals surface area contributed by atoms with Crippen molar-refractivity contribution in [3.05, 3.63) is 33.4 Å². The van der Waals surface area contributed by atoms with E-state index in [9.17, 15) is 4.79 Å². The molecule has 1 aromatic carbocycles. The summed E-state index contributed by atoms with van der Waals surface area (Å²) in [5, 5.41) is 0. The lowest BCUT2D eigenvalue weighted by Crippen LogP contribution is -2.17. The van der Waals surface area contributed by atoms with Gasteiger partial charge in [-0.1, -0.05) is 12.1 Å². The third kappa shape index (κ3) is 5.14. The van der Waals surface area contributed by atoms with Crippen molar-refractivity contribution in [2.45, 2.75) is 19.4 Å². The van der Waals surface area contributed by atoms with Gasteiger partial charge in [0.15, 0.2) is 0 Å². The van der Waals surface area contributed by atoms with Crippen LogP contribution in [0.15, 0.2) is 24.3 Å². The number of rotatable bonds is 4. The Bertz CT molecular complexity index is 329. The molecule has 1 atom stereocenters. The van der Waals surface area contributed by atoms with Gasteiger partial charge in [0, 0.05) is 9.61 Å². The molecule has 0 radical (unpaired) electrons. The van der Waals surface area contributed by atoms with Gasteiger partial charge in [-0.2, -0.15) is 0 Å². The standard InChI is InChI=1S/C11H14INO2.ClH/c1-2-15-11(14)7-10(13)8-3-5-9(12)6-4-8;/h3-6,10H,2,7,13H2,1H3;1H/t10-;/m1./s1. The molecule has 2 N–H and O–H groups in total. The van der Waals surface area contributed by atoms with E-state index in [4.69, 9.17) is 10.5 Å². The highest BCUT2D eigenvalue weighted by molar-refractivity contribution is 14.1. The Morgan fingerprint density at radius 2 is 2.00 bits per heavy atom. The second kappa shape index (κ2) is 7.86. The summed E-state index contributed by atoms with van der Waals surface area (Å²) in [6.45, 7) is 2.19. The fourth-order valence-corrected chi connectivity index (χ4v) is 1.59. The number of esters is 1. The van der Waals surface area contributed by atoms with Crippen LogP contribution < -0.4 is 5.73 Å². The molecule has 0 aliphatic heterocycles. The number of benzene rings is 1. The van der Waals surface area contributed by atoms with Gasteiger partial charge in [-0.05, 0) is 47.2 Å². The molecule has 0 bridgehead atoms. The van der Waals surface area contributed by atoms with Crippen molar-refractivity contribution in [1.82, 2.24) is 0 Å². The number of hydrogen-bond acceptors (Lipinski definition) is 3. The lowest BCUT2D eigenvalue weighted by molar-refractivity contribution is -0.143. The van der Waals surface area contributed by atoms with Crippen LogP contribution in [-0.4, -0.2) is 12.6 Å². The largest absolute Gasteiger partial charge is 0.466 e. The van der Waals surface area contributed by atoms with E-state index >= 15 is 0 Å². The van der Waals surface area contributed by atoms with Crippen molar-refractivity contribution < 1.29 is 9.53 Å². The first-order valence-electron chi connectivity index (χ1n) is 4.80. The molecule has 0 aliphatic carbocycles. The smallest absolute Gasteiger partial charge is 0.307 e. The first kappa shape index (κ1) is 15.7. The van der Waals surface area contributed by atoms with E-state index in [1.807, 2.05) is 24.3 Å².